The highest BCUT2D eigenvalue weighted by molar-refractivity contribution is 5.95. The first-order valence-electron chi connectivity index (χ1n) is 8.30. The first-order chi connectivity index (χ1) is 11.6. The van der Waals surface area contributed by atoms with Gasteiger partial charge >= 0.3 is 12.0 Å². The van der Waals surface area contributed by atoms with Gasteiger partial charge in [0.15, 0.2) is 0 Å². The fraction of sp³-hybridized carbons (Fsp3) is 0.444. The van der Waals surface area contributed by atoms with Crippen LogP contribution in [0.4, 0.5) is 9.18 Å². The van der Waals surface area contributed by atoms with Gasteiger partial charge < -0.3 is 15.4 Å². The molecule has 128 valence electrons. The van der Waals surface area contributed by atoms with E-state index in [0.29, 0.717) is 5.70 Å². The lowest BCUT2D eigenvalue weighted by molar-refractivity contribution is -0.146. The molecule has 24 heavy (non-hydrogen) atoms. The molecule has 0 aromatic heterocycles. The van der Waals surface area contributed by atoms with Crippen molar-refractivity contribution in [1.82, 2.24) is 10.6 Å². The summed E-state index contributed by atoms with van der Waals surface area (Å²) in [6, 6.07) is 4.80. The van der Waals surface area contributed by atoms with Gasteiger partial charge in [-0.05, 0) is 38.7 Å². The average molecular weight is 332 g/mol. The van der Waals surface area contributed by atoms with Crippen LogP contribution in [0.15, 0.2) is 35.5 Å². The van der Waals surface area contributed by atoms with Crippen LogP contribution < -0.4 is 10.6 Å². The maximum Gasteiger partial charge on any atom is 0.338 e. The van der Waals surface area contributed by atoms with Crippen molar-refractivity contribution in [2.24, 2.45) is 0 Å². The van der Waals surface area contributed by atoms with Crippen molar-refractivity contribution in [3.8, 4) is 0 Å². The van der Waals surface area contributed by atoms with E-state index in [1.54, 1.807) is 25.1 Å². The van der Waals surface area contributed by atoms with E-state index in [1.807, 2.05) is 0 Å². The average Bonchev–Trinajstić information content (AvgIpc) is 2.55. The van der Waals surface area contributed by atoms with E-state index in [0.717, 1.165) is 32.1 Å². The van der Waals surface area contributed by atoms with Crippen molar-refractivity contribution in [2.45, 2.75) is 51.2 Å². The molecule has 1 fully saturated rings. The fourth-order valence-corrected chi connectivity index (χ4v) is 3.30. The SMILES string of the molecule is CC1=C(C(=O)OC2CCCCC2)[C@@H](c2ccccc2F)NC(=O)N1. The van der Waals surface area contributed by atoms with E-state index in [-0.39, 0.29) is 17.2 Å². The van der Waals surface area contributed by atoms with Gasteiger partial charge in [0.05, 0.1) is 11.6 Å². The topological polar surface area (TPSA) is 67.4 Å². The normalized spacial score (nSPS) is 21.9. The Balaban J connectivity index is 1.89. The van der Waals surface area contributed by atoms with Crippen molar-refractivity contribution < 1.29 is 18.7 Å². The summed E-state index contributed by atoms with van der Waals surface area (Å²) >= 11 is 0. The Morgan fingerprint density at radius 2 is 1.92 bits per heavy atom. The number of amides is 2. The van der Waals surface area contributed by atoms with E-state index in [9.17, 15) is 14.0 Å². The van der Waals surface area contributed by atoms with E-state index >= 15 is 0 Å². The number of hydrogen-bond donors (Lipinski definition) is 2. The Morgan fingerprint density at radius 3 is 2.62 bits per heavy atom. The molecule has 1 atom stereocenters. The van der Waals surface area contributed by atoms with Crippen LogP contribution in [-0.2, 0) is 9.53 Å². The third-order valence-electron chi connectivity index (χ3n) is 4.53. The zero-order chi connectivity index (χ0) is 17.1. The molecular weight excluding hydrogens is 311 g/mol. The number of nitrogens with one attached hydrogen (secondary N) is 2. The van der Waals surface area contributed by atoms with Crippen LogP contribution in [0.1, 0.15) is 50.6 Å². The number of hydrogen-bond acceptors (Lipinski definition) is 3. The summed E-state index contributed by atoms with van der Waals surface area (Å²) in [6.45, 7) is 1.63. The molecule has 1 aliphatic heterocycles. The monoisotopic (exact) mass is 332 g/mol. The molecule has 0 saturated heterocycles. The van der Waals surface area contributed by atoms with Crippen LogP contribution in [0.2, 0.25) is 0 Å². The summed E-state index contributed by atoms with van der Waals surface area (Å²) in [5.41, 5.74) is 0.903. The van der Waals surface area contributed by atoms with Gasteiger partial charge in [-0.1, -0.05) is 24.6 Å². The summed E-state index contributed by atoms with van der Waals surface area (Å²) in [5, 5.41) is 5.20. The number of esters is 1. The minimum atomic E-state index is -0.851. The minimum absolute atomic E-state index is 0.106. The highest BCUT2D eigenvalue weighted by atomic mass is 19.1. The van der Waals surface area contributed by atoms with Gasteiger partial charge in [0.2, 0.25) is 0 Å². The third-order valence-corrected chi connectivity index (χ3v) is 4.53. The second kappa shape index (κ2) is 7.03. The molecule has 1 saturated carbocycles. The highest BCUT2D eigenvalue weighted by Gasteiger charge is 2.34. The molecule has 0 unspecified atom stereocenters. The lowest BCUT2D eigenvalue weighted by Crippen LogP contribution is -2.46. The molecule has 0 bridgehead atoms. The number of carbonyl (C=O) groups is 2. The van der Waals surface area contributed by atoms with Gasteiger partial charge in [-0.15, -0.1) is 0 Å². The molecular formula is C18H21FN2O3. The third kappa shape index (κ3) is 3.42. The number of allylic oxidation sites excluding steroid dienone is 1. The van der Waals surface area contributed by atoms with E-state index in [2.05, 4.69) is 10.6 Å². The Labute approximate surface area is 140 Å². The van der Waals surface area contributed by atoms with Gasteiger partial charge in [-0.3, -0.25) is 0 Å². The van der Waals surface area contributed by atoms with Crippen molar-refractivity contribution >= 4 is 12.0 Å². The Bertz CT molecular complexity index is 681. The van der Waals surface area contributed by atoms with Crippen LogP contribution in [0.5, 0.6) is 0 Å². The smallest absolute Gasteiger partial charge is 0.338 e. The number of ether oxygens (including phenoxy) is 1. The number of carbonyl (C=O) groups excluding carboxylic acids is 2. The Hall–Kier alpha value is -2.37. The molecule has 1 heterocycles. The molecule has 2 amide bonds. The molecule has 2 N–H and O–H groups in total. The molecule has 0 radical (unpaired) electrons. The number of rotatable bonds is 3. The number of benzene rings is 1. The summed E-state index contributed by atoms with van der Waals surface area (Å²) in [6.07, 6.45) is 4.84. The number of halogens is 1. The molecule has 1 aromatic rings. The quantitative estimate of drug-likeness (QED) is 0.834. The lowest BCUT2D eigenvalue weighted by Gasteiger charge is -2.30. The maximum atomic E-state index is 14.2. The zero-order valence-corrected chi connectivity index (χ0v) is 13.6. The molecule has 3 rings (SSSR count). The largest absolute Gasteiger partial charge is 0.459 e. The van der Waals surface area contributed by atoms with Crippen LogP contribution in [0.3, 0.4) is 0 Å². The second-order valence-corrected chi connectivity index (χ2v) is 6.26. The van der Waals surface area contributed by atoms with E-state index in [1.165, 1.54) is 6.07 Å². The number of urea groups is 1. The van der Waals surface area contributed by atoms with Gasteiger partial charge in [0.25, 0.3) is 0 Å². The molecule has 0 spiro atoms. The lowest BCUT2D eigenvalue weighted by atomic mass is 9.94. The molecule has 1 aromatic carbocycles. The highest BCUT2D eigenvalue weighted by Crippen LogP contribution is 2.30. The van der Waals surface area contributed by atoms with Gasteiger partial charge in [0.1, 0.15) is 11.9 Å². The fourth-order valence-electron chi connectivity index (χ4n) is 3.30. The minimum Gasteiger partial charge on any atom is -0.459 e. The van der Waals surface area contributed by atoms with Crippen molar-refractivity contribution in [1.29, 1.82) is 0 Å². The van der Waals surface area contributed by atoms with Gasteiger partial charge in [0, 0.05) is 11.3 Å². The predicted molar refractivity (Wildman–Crippen MR) is 86.5 cm³/mol. The summed E-state index contributed by atoms with van der Waals surface area (Å²) in [4.78, 5) is 24.5. The molecule has 5 nitrogen and oxygen atoms in total. The van der Waals surface area contributed by atoms with Crippen LogP contribution in [0, 0.1) is 5.82 Å². The zero-order valence-electron chi connectivity index (χ0n) is 13.6. The molecule has 1 aliphatic carbocycles. The first kappa shape index (κ1) is 16.5. The Kier molecular flexibility index (Phi) is 4.83. The second-order valence-electron chi connectivity index (χ2n) is 6.26. The first-order valence-corrected chi connectivity index (χ1v) is 8.30. The Morgan fingerprint density at radius 1 is 1.21 bits per heavy atom. The summed E-state index contributed by atoms with van der Waals surface area (Å²) < 4.78 is 19.8. The van der Waals surface area contributed by atoms with Crippen LogP contribution in [-0.4, -0.2) is 18.1 Å². The van der Waals surface area contributed by atoms with Crippen molar-refractivity contribution in [3.05, 3.63) is 46.9 Å². The van der Waals surface area contributed by atoms with Gasteiger partial charge in [-0.25, -0.2) is 14.0 Å². The van der Waals surface area contributed by atoms with Crippen LogP contribution >= 0.6 is 0 Å². The van der Waals surface area contributed by atoms with Crippen LogP contribution in [0.25, 0.3) is 0 Å². The maximum absolute atomic E-state index is 14.2. The standard InChI is InChI=1S/C18H21FN2O3/c1-11-15(17(22)24-12-7-3-2-4-8-12)16(21-18(23)20-11)13-9-5-6-10-14(13)19/h5-6,9-10,12,16H,2-4,7-8H2,1H3,(H2,20,21,23)/t16-/m1/s1. The molecule has 2 aliphatic rings. The predicted octanol–water partition coefficient (Wildman–Crippen LogP) is 3.33. The molecule has 6 heteroatoms. The van der Waals surface area contributed by atoms with Gasteiger partial charge in [-0.2, -0.15) is 0 Å². The van der Waals surface area contributed by atoms with Crippen molar-refractivity contribution in [3.63, 3.8) is 0 Å². The van der Waals surface area contributed by atoms with E-state index < -0.39 is 23.9 Å². The van der Waals surface area contributed by atoms with E-state index in [4.69, 9.17) is 4.74 Å². The summed E-state index contributed by atoms with van der Waals surface area (Å²) in [7, 11) is 0. The van der Waals surface area contributed by atoms with Crippen molar-refractivity contribution in [2.75, 3.05) is 0 Å². The summed E-state index contributed by atoms with van der Waals surface area (Å²) in [5.74, 6) is -0.972.